The minimum absolute atomic E-state index is 0.0371. The number of nitrogens with zero attached hydrogens (tertiary/aromatic N) is 1. The highest BCUT2D eigenvalue weighted by molar-refractivity contribution is 6.33. The first-order chi connectivity index (χ1) is 9.02. The van der Waals surface area contributed by atoms with Crippen molar-refractivity contribution in [2.45, 2.75) is 26.7 Å². The second kappa shape index (κ2) is 5.58. The predicted octanol–water partition coefficient (Wildman–Crippen LogP) is 3.81. The van der Waals surface area contributed by atoms with Gasteiger partial charge < -0.3 is 14.8 Å². The predicted molar refractivity (Wildman–Crippen MR) is 74.7 cm³/mol. The van der Waals surface area contributed by atoms with E-state index in [1.165, 1.54) is 0 Å². The van der Waals surface area contributed by atoms with Crippen molar-refractivity contribution in [3.8, 4) is 17.6 Å². The molecule has 102 valence electrons. The van der Waals surface area contributed by atoms with E-state index in [1.54, 1.807) is 6.07 Å². The van der Waals surface area contributed by atoms with Crippen molar-refractivity contribution in [1.82, 2.24) is 0 Å². The Morgan fingerprint density at radius 1 is 1.37 bits per heavy atom. The van der Waals surface area contributed by atoms with Crippen LogP contribution in [0.3, 0.4) is 0 Å². The van der Waals surface area contributed by atoms with Crippen LogP contribution in [0.1, 0.15) is 26.7 Å². The molecular weight excluding hydrogens is 264 g/mol. The van der Waals surface area contributed by atoms with E-state index in [4.69, 9.17) is 26.3 Å². The summed E-state index contributed by atoms with van der Waals surface area (Å²) in [5, 5.41) is 12.6. The molecule has 0 bridgehead atoms. The molecule has 0 saturated carbocycles. The van der Waals surface area contributed by atoms with Crippen LogP contribution in [0.5, 0.6) is 11.5 Å². The van der Waals surface area contributed by atoms with Gasteiger partial charge >= 0.3 is 0 Å². The molecule has 0 radical (unpaired) electrons. The summed E-state index contributed by atoms with van der Waals surface area (Å²) in [6.45, 7) is 5.23. The van der Waals surface area contributed by atoms with E-state index in [-0.39, 0.29) is 12.2 Å². The van der Waals surface area contributed by atoms with Crippen LogP contribution in [0.25, 0.3) is 0 Å². The molecule has 0 atom stereocenters. The van der Waals surface area contributed by atoms with E-state index >= 15 is 0 Å². The number of hydrogen-bond acceptors (Lipinski definition) is 4. The molecule has 1 aliphatic rings. The molecule has 0 aliphatic carbocycles. The second-order valence-corrected chi connectivity index (χ2v) is 5.77. The fourth-order valence-corrected chi connectivity index (χ4v) is 2.09. The Morgan fingerprint density at radius 2 is 2.05 bits per heavy atom. The van der Waals surface area contributed by atoms with Crippen molar-refractivity contribution >= 4 is 17.3 Å². The zero-order valence-corrected chi connectivity index (χ0v) is 11.9. The maximum atomic E-state index is 8.64. The zero-order chi connectivity index (χ0) is 13.9. The molecule has 5 heteroatoms. The standard InChI is InChI=1S/C14H17ClN2O2/c1-14(2,4-3-5-16)8-17-11-7-13-12(6-10(11)15)18-9-19-13/h6-7,17H,3-4,8-9H2,1-2H3. The third kappa shape index (κ3) is 3.45. The summed E-state index contributed by atoms with van der Waals surface area (Å²) in [6, 6.07) is 5.79. The Balaban J connectivity index is 2.02. The van der Waals surface area contributed by atoms with Crippen molar-refractivity contribution < 1.29 is 9.47 Å². The summed E-state index contributed by atoms with van der Waals surface area (Å²) < 4.78 is 10.6. The number of nitriles is 1. The maximum absolute atomic E-state index is 8.64. The quantitative estimate of drug-likeness (QED) is 0.891. The molecular formula is C14H17ClN2O2. The molecule has 19 heavy (non-hydrogen) atoms. The van der Waals surface area contributed by atoms with Crippen LogP contribution >= 0.6 is 11.6 Å². The summed E-state index contributed by atoms with van der Waals surface area (Å²) in [4.78, 5) is 0. The van der Waals surface area contributed by atoms with Gasteiger partial charge in [0, 0.05) is 25.1 Å². The van der Waals surface area contributed by atoms with E-state index < -0.39 is 0 Å². The van der Waals surface area contributed by atoms with Gasteiger partial charge in [0.05, 0.1) is 16.8 Å². The van der Waals surface area contributed by atoms with E-state index in [2.05, 4.69) is 25.2 Å². The average Bonchev–Trinajstić information content (AvgIpc) is 2.80. The van der Waals surface area contributed by atoms with E-state index in [1.807, 2.05) is 6.07 Å². The Morgan fingerprint density at radius 3 is 2.74 bits per heavy atom. The topological polar surface area (TPSA) is 54.3 Å². The third-order valence-electron chi connectivity index (χ3n) is 3.13. The Kier molecular flexibility index (Phi) is 4.06. The fraction of sp³-hybridized carbons (Fsp3) is 0.500. The molecule has 0 fully saturated rings. The van der Waals surface area contributed by atoms with Gasteiger partial charge in [0.1, 0.15) is 0 Å². The summed E-state index contributed by atoms with van der Waals surface area (Å²) >= 11 is 6.19. The molecule has 1 aromatic rings. The molecule has 4 nitrogen and oxygen atoms in total. The number of fused-ring (bicyclic) bond motifs is 1. The van der Waals surface area contributed by atoms with Gasteiger partial charge in [0.25, 0.3) is 0 Å². The number of hydrogen-bond donors (Lipinski definition) is 1. The summed E-state index contributed by atoms with van der Waals surface area (Å²) in [7, 11) is 0. The average molecular weight is 281 g/mol. The number of anilines is 1. The van der Waals surface area contributed by atoms with Crippen LogP contribution in [-0.4, -0.2) is 13.3 Å². The highest BCUT2D eigenvalue weighted by Gasteiger charge is 2.20. The maximum Gasteiger partial charge on any atom is 0.231 e. The van der Waals surface area contributed by atoms with Crippen molar-refractivity contribution in [3.05, 3.63) is 17.2 Å². The Bertz CT molecular complexity index is 509. The summed E-state index contributed by atoms with van der Waals surface area (Å²) in [6.07, 6.45) is 1.40. The smallest absolute Gasteiger partial charge is 0.231 e. The molecule has 1 N–H and O–H groups in total. The van der Waals surface area contributed by atoms with Crippen LogP contribution in [-0.2, 0) is 0 Å². The van der Waals surface area contributed by atoms with Crippen LogP contribution in [0.4, 0.5) is 5.69 Å². The van der Waals surface area contributed by atoms with Crippen molar-refractivity contribution in [3.63, 3.8) is 0 Å². The number of ether oxygens (including phenoxy) is 2. The molecule has 1 heterocycles. The van der Waals surface area contributed by atoms with Crippen LogP contribution in [0.15, 0.2) is 12.1 Å². The molecule has 0 aromatic heterocycles. The lowest BCUT2D eigenvalue weighted by Crippen LogP contribution is -2.23. The molecule has 1 aromatic carbocycles. The van der Waals surface area contributed by atoms with Gasteiger partial charge in [-0.05, 0) is 11.8 Å². The van der Waals surface area contributed by atoms with E-state index in [0.29, 0.717) is 22.9 Å². The monoisotopic (exact) mass is 280 g/mol. The van der Waals surface area contributed by atoms with Gasteiger partial charge in [0.15, 0.2) is 11.5 Å². The minimum Gasteiger partial charge on any atom is -0.454 e. The SMILES string of the molecule is CC(C)(CCC#N)CNc1cc2c(cc1Cl)OCO2. The Hall–Kier alpha value is -1.60. The first-order valence-corrected chi connectivity index (χ1v) is 6.60. The lowest BCUT2D eigenvalue weighted by Gasteiger charge is -2.24. The van der Waals surface area contributed by atoms with Crippen LogP contribution in [0.2, 0.25) is 5.02 Å². The summed E-state index contributed by atoms with van der Waals surface area (Å²) in [5.41, 5.74) is 0.867. The second-order valence-electron chi connectivity index (χ2n) is 5.36. The molecule has 0 saturated heterocycles. The lowest BCUT2D eigenvalue weighted by atomic mass is 9.88. The first kappa shape index (κ1) is 13.8. The van der Waals surface area contributed by atoms with E-state index in [0.717, 1.165) is 18.7 Å². The summed E-state index contributed by atoms with van der Waals surface area (Å²) in [5.74, 6) is 1.39. The first-order valence-electron chi connectivity index (χ1n) is 6.22. The molecule has 1 aliphatic heterocycles. The highest BCUT2D eigenvalue weighted by Crippen LogP contribution is 2.39. The van der Waals surface area contributed by atoms with Gasteiger partial charge in [-0.15, -0.1) is 0 Å². The van der Waals surface area contributed by atoms with Crippen molar-refractivity contribution in [2.24, 2.45) is 5.41 Å². The van der Waals surface area contributed by atoms with Gasteiger partial charge in [-0.25, -0.2) is 0 Å². The highest BCUT2D eigenvalue weighted by atomic mass is 35.5. The number of benzene rings is 1. The molecule has 0 amide bonds. The lowest BCUT2D eigenvalue weighted by molar-refractivity contribution is 0.174. The van der Waals surface area contributed by atoms with Crippen LogP contribution in [0, 0.1) is 16.7 Å². The molecule has 2 rings (SSSR count). The number of halogens is 1. The molecule has 0 unspecified atom stereocenters. The number of nitrogens with one attached hydrogen (secondary N) is 1. The van der Waals surface area contributed by atoms with Gasteiger partial charge in [-0.3, -0.25) is 0 Å². The normalized spacial score (nSPS) is 13.2. The van der Waals surface area contributed by atoms with Gasteiger partial charge in [-0.1, -0.05) is 25.4 Å². The third-order valence-corrected chi connectivity index (χ3v) is 3.45. The van der Waals surface area contributed by atoms with Crippen LogP contribution < -0.4 is 14.8 Å². The Labute approximate surface area is 118 Å². The van der Waals surface area contributed by atoms with Crippen molar-refractivity contribution in [1.29, 1.82) is 5.26 Å². The van der Waals surface area contributed by atoms with E-state index in [9.17, 15) is 0 Å². The minimum atomic E-state index is 0.0371. The zero-order valence-electron chi connectivity index (χ0n) is 11.1. The van der Waals surface area contributed by atoms with Crippen molar-refractivity contribution in [2.75, 3.05) is 18.7 Å². The van der Waals surface area contributed by atoms with Gasteiger partial charge in [-0.2, -0.15) is 5.26 Å². The number of rotatable bonds is 5. The largest absolute Gasteiger partial charge is 0.454 e. The fourth-order valence-electron chi connectivity index (χ4n) is 1.87. The molecule has 0 spiro atoms. The van der Waals surface area contributed by atoms with Gasteiger partial charge in [0.2, 0.25) is 6.79 Å².